The number of ether oxygens (including phenoxy) is 1. The molecule has 0 unspecified atom stereocenters. The molecule has 0 atom stereocenters. The van der Waals surface area contributed by atoms with Gasteiger partial charge in [0.25, 0.3) is 0 Å². The van der Waals surface area contributed by atoms with Gasteiger partial charge < -0.3 is 14.3 Å². The van der Waals surface area contributed by atoms with Gasteiger partial charge in [0, 0.05) is 33.2 Å². The zero-order valence-electron chi connectivity index (χ0n) is 12.1. The number of rotatable bonds is 4. The predicted octanol–water partition coefficient (Wildman–Crippen LogP) is 1.33. The monoisotopic (exact) mass is 295 g/mol. The van der Waals surface area contributed by atoms with Crippen LogP contribution in [0.2, 0.25) is 0 Å². The molecule has 3 rings (SSSR count). The minimum atomic E-state index is 0.788. The quantitative estimate of drug-likeness (QED) is 0.865. The number of nitrogens with one attached hydrogen (secondary N) is 1. The van der Waals surface area contributed by atoms with Crippen molar-refractivity contribution in [2.75, 3.05) is 32.8 Å². The molecule has 1 aliphatic heterocycles. The summed E-state index contributed by atoms with van der Waals surface area (Å²) in [6.07, 6.45) is 0.913. The van der Waals surface area contributed by atoms with Crippen LogP contribution in [0.4, 0.5) is 0 Å². The number of aryl methyl sites for hydroxylation is 2. The van der Waals surface area contributed by atoms with E-state index in [1.807, 2.05) is 11.7 Å². The van der Waals surface area contributed by atoms with Crippen LogP contribution >= 0.6 is 12.2 Å². The largest absolute Gasteiger partial charge is 0.379 e. The average Bonchev–Trinajstić information content (AvgIpc) is 2.95. The average molecular weight is 295 g/mol. The Morgan fingerprint density at radius 1 is 1.30 bits per heavy atom. The zero-order valence-corrected chi connectivity index (χ0v) is 12.9. The third-order valence-corrected chi connectivity index (χ3v) is 4.22. The third-order valence-electron chi connectivity index (χ3n) is 3.90. The number of aromatic nitrogens is 4. The lowest BCUT2D eigenvalue weighted by molar-refractivity contribution is 0.0364. The van der Waals surface area contributed by atoms with Crippen LogP contribution in [0.15, 0.2) is 0 Å². The highest BCUT2D eigenvalue weighted by atomic mass is 32.1. The van der Waals surface area contributed by atoms with Crippen molar-refractivity contribution in [2.24, 2.45) is 7.05 Å². The van der Waals surface area contributed by atoms with Gasteiger partial charge in [-0.25, -0.2) is 0 Å². The van der Waals surface area contributed by atoms with Crippen molar-refractivity contribution in [3.63, 3.8) is 0 Å². The first-order chi connectivity index (χ1) is 9.70. The van der Waals surface area contributed by atoms with Crippen molar-refractivity contribution < 1.29 is 4.74 Å². The molecule has 0 saturated carbocycles. The van der Waals surface area contributed by atoms with Crippen molar-refractivity contribution in [1.82, 2.24) is 24.2 Å². The second-order valence-electron chi connectivity index (χ2n) is 5.16. The molecule has 0 spiro atoms. The first-order valence-corrected chi connectivity index (χ1v) is 7.56. The van der Waals surface area contributed by atoms with Crippen molar-refractivity contribution in [1.29, 1.82) is 0 Å². The van der Waals surface area contributed by atoms with E-state index in [0.717, 1.165) is 67.4 Å². The Morgan fingerprint density at radius 2 is 2.05 bits per heavy atom. The fourth-order valence-corrected chi connectivity index (χ4v) is 3.08. The van der Waals surface area contributed by atoms with Gasteiger partial charge in [-0.2, -0.15) is 5.10 Å². The van der Waals surface area contributed by atoms with Crippen LogP contribution in [0.3, 0.4) is 0 Å². The Hall–Kier alpha value is -1.18. The maximum atomic E-state index is 5.46. The Bertz CT molecular complexity index is 650. The number of hydrogen-bond acceptors (Lipinski definition) is 4. The van der Waals surface area contributed by atoms with Crippen molar-refractivity contribution in [3.05, 3.63) is 10.5 Å². The molecule has 0 aromatic carbocycles. The summed E-state index contributed by atoms with van der Waals surface area (Å²) >= 11 is 5.46. The molecule has 0 aliphatic carbocycles. The Balaban J connectivity index is 1.85. The molecule has 0 bridgehead atoms. The Morgan fingerprint density at radius 3 is 2.75 bits per heavy atom. The second kappa shape index (κ2) is 5.67. The molecular formula is C13H21N5OS. The molecule has 6 nitrogen and oxygen atoms in total. The van der Waals surface area contributed by atoms with Crippen molar-refractivity contribution in [2.45, 2.75) is 19.9 Å². The zero-order chi connectivity index (χ0) is 14.1. The summed E-state index contributed by atoms with van der Waals surface area (Å²) in [7, 11) is 1.98. The number of H-pyrrole nitrogens is 1. The number of morpholine rings is 1. The third kappa shape index (κ3) is 2.41. The number of aromatic amines is 1. The molecule has 0 radical (unpaired) electrons. The molecule has 1 N–H and O–H groups in total. The van der Waals surface area contributed by atoms with Crippen LogP contribution in [0.1, 0.15) is 12.6 Å². The van der Waals surface area contributed by atoms with E-state index in [4.69, 9.17) is 17.0 Å². The molecule has 1 saturated heterocycles. The van der Waals surface area contributed by atoms with Crippen LogP contribution in [0.25, 0.3) is 11.2 Å². The molecule has 20 heavy (non-hydrogen) atoms. The van der Waals surface area contributed by atoms with Crippen LogP contribution in [0.5, 0.6) is 0 Å². The van der Waals surface area contributed by atoms with Gasteiger partial charge in [0.15, 0.2) is 10.4 Å². The molecule has 2 aromatic rings. The van der Waals surface area contributed by atoms with E-state index >= 15 is 0 Å². The number of fused-ring (bicyclic) bond motifs is 1. The summed E-state index contributed by atoms with van der Waals surface area (Å²) in [5, 5.41) is 4.55. The molecule has 1 aliphatic rings. The van der Waals surface area contributed by atoms with E-state index in [-0.39, 0.29) is 0 Å². The summed E-state index contributed by atoms with van der Waals surface area (Å²) < 4.78 is 10.3. The number of hydrogen-bond donors (Lipinski definition) is 1. The molecular weight excluding hydrogens is 274 g/mol. The summed E-state index contributed by atoms with van der Waals surface area (Å²) in [5.74, 6) is 0. The minimum absolute atomic E-state index is 0.788. The summed E-state index contributed by atoms with van der Waals surface area (Å²) in [4.78, 5) is 5.72. The highest BCUT2D eigenvalue weighted by Crippen LogP contribution is 2.18. The lowest BCUT2D eigenvalue weighted by Crippen LogP contribution is -2.38. The van der Waals surface area contributed by atoms with Crippen LogP contribution < -0.4 is 0 Å². The van der Waals surface area contributed by atoms with Crippen LogP contribution in [-0.2, 0) is 24.8 Å². The van der Waals surface area contributed by atoms with Crippen LogP contribution in [-0.4, -0.2) is 57.1 Å². The highest BCUT2D eigenvalue weighted by Gasteiger charge is 2.15. The fraction of sp³-hybridized carbons (Fsp3) is 0.692. The lowest BCUT2D eigenvalue weighted by atomic mass is 10.3. The maximum absolute atomic E-state index is 5.46. The van der Waals surface area contributed by atoms with Crippen molar-refractivity contribution >= 4 is 23.4 Å². The first kappa shape index (κ1) is 13.8. The molecule has 2 aromatic heterocycles. The van der Waals surface area contributed by atoms with E-state index in [0.29, 0.717) is 0 Å². The number of nitrogens with zero attached hydrogens (tertiary/aromatic N) is 4. The molecule has 110 valence electrons. The van der Waals surface area contributed by atoms with Gasteiger partial charge in [0.2, 0.25) is 0 Å². The van der Waals surface area contributed by atoms with Gasteiger partial charge in [0.1, 0.15) is 5.52 Å². The van der Waals surface area contributed by atoms with E-state index in [9.17, 15) is 0 Å². The van der Waals surface area contributed by atoms with Crippen LogP contribution in [0, 0.1) is 4.77 Å². The highest BCUT2D eigenvalue weighted by molar-refractivity contribution is 7.71. The van der Waals surface area contributed by atoms with E-state index in [1.165, 1.54) is 0 Å². The molecule has 0 amide bonds. The van der Waals surface area contributed by atoms with E-state index in [2.05, 4.69) is 26.5 Å². The minimum Gasteiger partial charge on any atom is -0.379 e. The van der Waals surface area contributed by atoms with Gasteiger partial charge in [-0.1, -0.05) is 6.92 Å². The predicted molar refractivity (Wildman–Crippen MR) is 80.5 cm³/mol. The maximum Gasteiger partial charge on any atom is 0.179 e. The fourth-order valence-electron chi connectivity index (χ4n) is 2.80. The van der Waals surface area contributed by atoms with E-state index in [1.54, 1.807) is 0 Å². The Kier molecular flexibility index (Phi) is 3.91. The molecule has 3 heterocycles. The first-order valence-electron chi connectivity index (χ1n) is 7.15. The topological polar surface area (TPSA) is 51.0 Å². The van der Waals surface area contributed by atoms with E-state index < -0.39 is 0 Å². The van der Waals surface area contributed by atoms with Gasteiger partial charge in [-0.15, -0.1) is 0 Å². The standard InChI is InChI=1S/C13H21N5OS/c1-3-10-11-12(16(2)15-10)18(13(20)14-11)5-4-17-6-8-19-9-7-17/h3-9H2,1-2H3,(H,14,20). The van der Waals surface area contributed by atoms with Gasteiger partial charge in [-0.3, -0.25) is 9.58 Å². The summed E-state index contributed by atoms with van der Waals surface area (Å²) in [6.45, 7) is 7.68. The summed E-state index contributed by atoms with van der Waals surface area (Å²) in [6, 6.07) is 0. The van der Waals surface area contributed by atoms with Crippen molar-refractivity contribution in [3.8, 4) is 0 Å². The Labute approximate surface area is 123 Å². The SMILES string of the molecule is CCc1nn(C)c2c1[nH]c(=S)n2CCN1CCOCC1. The van der Waals surface area contributed by atoms with Gasteiger partial charge in [-0.05, 0) is 18.6 Å². The summed E-state index contributed by atoms with van der Waals surface area (Å²) in [5.41, 5.74) is 3.26. The number of imidazole rings is 1. The normalized spacial score (nSPS) is 17.1. The molecule has 1 fully saturated rings. The van der Waals surface area contributed by atoms with Gasteiger partial charge in [0.05, 0.1) is 18.9 Å². The second-order valence-corrected chi connectivity index (χ2v) is 5.54. The lowest BCUT2D eigenvalue weighted by Gasteiger charge is -2.26. The molecule has 7 heteroatoms. The smallest absolute Gasteiger partial charge is 0.179 e. The van der Waals surface area contributed by atoms with Gasteiger partial charge >= 0.3 is 0 Å².